The van der Waals surface area contributed by atoms with Crippen LogP contribution >= 0.6 is 0 Å². The Morgan fingerprint density at radius 3 is 2.58 bits per heavy atom. The first-order valence-electron chi connectivity index (χ1n) is 6.80. The van der Waals surface area contributed by atoms with E-state index in [9.17, 15) is 4.79 Å². The molecule has 106 valence electrons. The number of nitrogens with two attached hydrogens (primary N) is 1. The standard InChI is InChI=1S/C14H24N4O/c1-5-9(3)10(4)16-14(19)11-7-12(6-2)17-13(8-11)18-15/h7-10H,5-6,15H2,1-4H3,(H,16,19)(H,17,18). The van der Waals surface area contributed by atoms with Crippen molar-refractivity contribution < 1.29 is 4.79 Å². The first kappa shape index (κ1) is 15.4. The van der Waals surface area contributed by atoms with Crippen molar-refractivity contribution in [2.45, 2.75) is 46.6 Å². The van der Waals surface area contributed by atoms with Crippen molar-refractivity contribution in [1.82, 2.24) is 10.3 Å². The van der Waals surface area contributed by atoms with E-state index >= 15 is 0 Å². The molecule has 5 nitrogen and oxygen atoms in total. The predicted octanol–water partition coefficient (Wildman–Crippen LogP) is 2.09. The Bertz CT molecular complexity index is 411. The third kappa shape index (κ3) is 4.21. The smallest absolute Gasteiger partial charge is 0.251 e. The molecule has 1 rings (SSSR count). The molecule has 19 heavy (non-hydrogen) atoms. The minimum absolute atomic E-state index is 0.0820. The SMILES string of the molecule is CCc1cc(C(=O)NC(C)C(C)CC)cc(NN)n1. The van der Waals surface area contributed by atoms with Crippen LogP contribution in [0, 0.1) is 5.92 Å². The van der Waals surface area contributed by atoms with Crippen LogP contribution in [0.15, 0.2) is 12.1 Å². The summed E-state index contributed by atoms with van der Waals surface area (Å²) in [5.41, 5.74) is 3.93. The number of aryl methyl sites for hydroxylation is 1. The van der Waals surface area contributed by atoms with Crippen LogP contribution in [0.1, 0.15) is 50.2 Å². The fourth-order valence-electron chi connectivity index (χ4n) is 1.76. The van der Waals surface area contributed by atoms with Crippen LogP contribution in [0.2, 0.25) is 0 Å². The van der Waals surface area contributed by atoms with Crippen LogP contribution in [0.3, 0.4) is 0 Å². The minimum atomic E-state index is -0.0820. The van der Waals surface area contributed by atoms with E-state index in [-0.39, 0.29) is 11.9 Å². The second kappa shape index (κ2) is 7.09. The number of hydrogen-bond donors (Lipinski definition) is 3. The molecule has 0 radical (unpaired) electrons. The molecule has 0 saturated heterocycles. The zero-order valence-electron chi connectivity index (χ0n) is 12.2. The van der Waals surface area contributed by atoms with Crippen molar-refractivity contribution in [2.24, 2.45) is 11.8 Å². The molecule has 0 aliphatic heterocycles. The molecular formula is C14H24N4O. The van der Waals surface area contributed by atoms with Crippen LogP contribution < -0.4 is 16.6 Å². The van der Waals surface area contributed by atoms with Gasteiger partial charge in [-0.1, -0.05) is 27.2 Å². The van der Waals surface area contributed by atoms with Gasteiger partial charge < -0.3 is 10.7 Å². The molecule has 0 fully saturated rings. The van der Waals surface area contributed by atoms with Gasteiger partial charge in [0.2, 0.25) is 0 Å². The summed E-state index contributed by atoms with van der Waals surface area (Å²) in [6.45, 7) is 8.26. The highest BCUT2D eigenvalue weighted by atomic mass is 16.1. The van der Waals surface area contributed by atoms with Crippen molar-refractivity contribution in [1.29, 1.82) is 0 Å². The highest BCUT2D eigenvalue weighted by molar-refractivity contribution is 5.95. The van der Waals surface area contributed by atoms with Gasteiger partial charge in [0, 0.05) is 17.3 Å². The predicted molar refractivity (Wildman–Crippen MR) is 77.8 cm³/mol. The van der Waals surface area contributed by atoms with Crippen LogP contribution in [0.5, 0.6) is 0 Å². The molecule has 1 amide bonds. The van der Waals surface area contributed by atoms with Crippen LogP contribution in [0.4, 0.5) is 5.82 Å². The maximum Gasteiger partial charge on any atom is 0.251 e. The number of nitrogens with zero attached hydrogens (tertiary/aromatic N) is 1. The van der Waals surface area contributed by atoms with Crippen molar-refractivity contribution in [3.8, 4) is 0 Å². The number of nitrogens with one attached hydrogen (secondary N) is 2. The highest BCUT2D eigenvalue weighted by Gasteiger charge is 2.15. The summed E-state index contributed by atoms with van der Waals surface area (Å²) >= 11 is 0. The van der Waals surface area contributed by atoms with Crippen molar-refractivity contribution in [2.75, 3.05) is 5.43 Å². The molecule has 0 bridgehead atoms. The summed E-state index contributed by atoms with van der Waals surface area (Å²) < 4.78 is 0. The lowest BCUT2D eigenvalue weighted by Crippen LogP contribution is -2.37. The van der Waals surface area contributed by atoms with Gasteiger partial charge in [0.25, 0.3) is 5.91 Å². The van der Waals surface area contributed by atoms with Crippen molar-refractivity contribution in [3.63, 3.8) is 0 Å². The maximum absolute atomic E-state index is 12.2. The van der Waals surface area contributed by atoms with Gasteiger partial charge in [-0.05, 0) is 31.4 Å². The maximum atomic E-state index is 12.2. The Hall–Kier alpha value is -1.62. The summed E-state index contributed by atoms with van der Waals surface area (Å²) in [4.78, 5) is 16.5. The number of nitrogen functional groups attached to an aromatic ring is 1. The molecule has 4 N–H and O–H groups in total. The number of pyridine rings is 1. The van der Waals surface area contributed by atoms with Gasteiger partial charge in [-0.3, -0.25) is 4.79 Å². The van der Waals surface area contributed by atoms with Crippen LogP contribution in [-0.2, 0) is 6.42 Å². The van der Waals surface area contributed by atoms with Crippen LogP contribution in [-0.4, -0.2) is 16.9 Å². The first-order chi connectivity index (χ1) is 9.01. The number of rotatable bonds is 6. The largest absolute Gasteiger partial charge is 0.349 e. The third-order valence-electron chi connectivity index (χ3n) is 3.51. The topological polar surface area (TPSA) is 80.0 Å². The van der Waals surface area contributed by atoms with Gasteiger partial charge in [0.1, 0.15) is 5.82 Å². The van der Waals surface area contributed by atoms with Gasteiger partial charge in [-0.15, -0.1) is 0 Å². The molecule has 0 saturated carbocycles. The highest BCUT2D eigenvalue weighted by Crippen LogP contribution is 2.12. The number of aromatic nitrogens is 1. The Kier molecular flexibility index (Phi) is 5.76. The van der Waals surface area contributed by atoms with E-state index in [0.29, 0.717) is 17.3 Å². The lowest BCUT2D eigenvalue weighted by atomic mass is 10.0. The minimum Gasteiger partial charge on any atom is -0.349 e. The number of anilines is 1. The number of carbonyl (C=O) groups excluding carboxylic acids is 1. The summed E-state index contributed by atoms with van der Waals surface area (Å²) in [5.74, 6) is 6.25. The molecule has 2 unspecified atom stereocenters. The van der Waals surface area contributed by atoms with Crippen LogP contribution in [0.25, 0.3) is 0 Å². The molecule has 0 aromatic carbocycles. The van der Waals surface area contributed by atoms with E-state index in [0.717, 1.165) is 18.5 Å². The van der Waals surface area contributed by atoms with E-state index in [1.807, 2.05) is 13.8 Å². The molecule has 2 atom stereocenters. The van der Waals surface area contributed by atoms with E-state index in [1.165, 1.54) is 0 Å². The number of amides is 1. The van der Waals surface area contributed by atoms with E-state index in [1.54, 1.807) is 12.1 Å². The summed E-state index contributed by atoms with van der Waals surface area (Å²) in [6, 6.07) is 3.61. The zero-order valence-corrected chi connectivity index (χ0v) is 12.2. The van der Waals surface area contributed by atoms with Crippen molar-refractivity contribution in [3.05, 3.63) is 23.4 Å². The molecule has 5 heteroatoms. The van der Waals surface area contributed by atoms with Gasteiger partial charge in [0.05, 0.1) is 0 Å². The molecule has 1 aromatic heterocycles. The average molecular weight is 264 g/mol. The molecule has 0 spiro atoms. The monoisotopic (exact) mass is 264 g/mol. The number of carbonyl (C=O) groups is 1. The number of hydrogen-bond acceptors (Lipinski definition) is 4. The Labute approximate surface area is 115 Å². The van der Waals surface area contributed by atoms with Gasteiger partial charge in [0.15, 0.2) is 0 Å². The zero-order chi connectivity index (χ0) is 14.4. The van der Waals surface area contributed by atoms with Crippen molar-refractivity contribution >= 4 is 11.7 Å². The third-order valence-corrected chi connectivity index (χ3v) is 3.51. The molecule has 0 aliphatic carbocycles. The van der Waals surface area contributed by atoms with E-state index < -0.39 is 0 Å². The van der Waals surface area contributed by atoms with Gasteiger partial charge in [-0.2, -0.15) is 0 Å². The molecule has 1 heterocycles. The average Bonchev–Trinajstić information content (AvgIpc) is 2.45. The normalized spacial score (nSPS) is 13.7. The molecular weight excluding hydrogens is 240 g/mol. The van der Waals surface area contributed by atoms with E-state index in [2.05, 4.69) is 29.6 Å². The fourth-order valence-corrected chi connectivity index (χ4v) is 1.76. The molecule has 0 aliphatic rings. The molecule has 1 aromatic rings. The Morgan fingerprint density at radius 1 is 1.37 bits per heavy atom. The fraction of sp³-hybridized carbons (Fsp3) is 0.571. The second-order valence-corrected chi connectivity index (χ2v) is 4.88. The second-order valence-electron chi connectivity index (χ2n) is 4.88. The number of hydrazine groups is 1. The lowest BCUT2D eigenvalue weighted by molar-refractivity contribution is 0.0928. The first-order valence-corrected chi connectivity index (χ1v) is 6.80. The lowest BCUT2D eigenvalue weighted by Gasteiger charge is -2.20. The Morgan fingerprint density at radius 2 is 2.05 bits per heavy atom. The summed E-state index contributed by atoms with van der Waals surface area (Å²) in [5, 5.41) is 3.01. The summed E-state index contributed by atoms with van der Waals surface area (Å²) in [7, 11) is 0. The quantitative estimate of drug-likeness (QED) is 0.543. The Balaban J connectivity index is 2.87. The van der Waals surface area contributed by atoms with Gasteiger partial charge >= 0.3 is 0 Å². The van der Waals surface area contributed by atoms with Gasteiger partial charge in [-0.25, -0.2) is 10.8 Å². The van der Waals surface area contributed by atoms with E-state index in [4.69, 9.17) is 5.84 Å². The summed E-state index contributed by atoms with van der Waals surface area (Å²) in [6.07, 6.45) is 1.80.